The summed E-state index contributed by atoms with van der Waals surface area (Å²) in [5.74, 6) is -2.31. The van der Waals surface area contributed by atoms with E-state index in [9.17, 15) is 9.59 Å². The smallest absolute Gasteiger partial charge is 0.394 e. The van der Waals surface area contributed by atoms with Gasteiger partial charge in [0.15, 0.2) is 0 Å². The van der Waals surface area contributed by atoms with E-state index in [1.54, 1.807) is 0 Å². The molecular formula is C14H18N2O3. The van der Waals surface area contributed by atoms with Crippen molar-refractivity contribution < 1.29 is 14.7 Å². The van der Waals surface area contributed by atoms with Crippen LogP contribution in [0.1, 0.15) is 18.4 Å². The van der Waals surface area contributed by atoms with Crippen LogP contribution in [0.15, 0.2) is 30.3 Å². The summed E-state index contributed by atoms with van der Waals surface area (Å²) in [6, 6.07) is 10.2. The van der Waals surface area contributed by atoms with Crippen molar-refractivity contribution in [1.82, 2.24) is 10.2 Å². The first-order chi connectivity index (χ1) is 9.15. The van der Waals surface area contributed by atoms with Gasteiger partial charge in [-0.05, 0) is 18.4 Å². The second kappa shape index (κ2) is 6.33. The van der Waals surface area contributed by atoms with Crippen LogP contribution in [-0.2, 0) is 16.1 Å². The van der Waals surface area contributed by atoms with Crippen molar-refractivity contribution in [2.45, 2.75) is 25.4 Å². The second-order valence-electron chi connectivity index (χ2n) is 4.81. The highest BCUT2D eigenvalue weighted by atomic mass is 16.4. The molecule has 0 atom stereocenters. The molecule has 0 aromatic heterocycles. The van der Waals surface area contributed by atoms with Crippen LogP contribution in [0, 0.1) is 0 Å². The summed E-state index contributed by atoms with van der Waals surface area (Å²) in [5.41, 5.74) is 1.27. The lowest BCUT2D eigenvalue weighted by Crippen LogP contribution is -2.46. The lowest BCUT2D eigenvalue weighted by Gasteiger charge is -2.32. The zero-order valence-electron chi connectivity index (χ0n) is 10.7. The number of hydrogen-bond acceptors (Lipinski definition) is 3. The number of piperidine rings is 1. The van der Waals surface area contributed by atoms with Gasteiger partial charge in [-0.1, -0.05) is 30.3 Å². The monoisotopic (exact) mass is 262 g/mol. The molecule has 5 nitrogen and oxygen atoms in total. The third kappa shape index (κ3) is 4.06. The summed E-state index contributed by atoms with van der Waals surface area (Å²) in [5, 5.41) is 11.1. The maximum Gasteiger partial charge on any atom is 0.394 e. The fourth-order valence-corrected chi connectivity index (χ4v) is 2.32. The Balaban J connectivity index is 1.76. The molecule has 0 saturated carbocycles. The quantitative estimate of drug-likeness (QED) is 0.792. The number of hydrogen-bond donors (Lipinski definition) is 2. The third-order valence-corrected chi connectivity index (χ3v) is 3.37. The summed E-state index contributed by atoms with van der Waals surface area (Å²) in [4.78, 5) is 23.8. The molecule has 0 radical (unpaired) electrons. The number of nitrogens with one attached hydrogen (secondary N) is 1. The van der Waals surface area contributed by atoms with E-state index in [0.29, 0.717) is 0 Å². The maximum atomic E-state index is 11.1. The van der Waals surface area contributed by atoms with E-state index in [4.69, 9.17) is 5.11 Å². The Kier molecular flexibility index (Phi) is 4.52. The molecule has 1 aliphatic rings. The fourth-order valence-electron chi connectivity index (χ4n) is 2.32. The molecule has 1 aromatic rings. The Morgan fingerprint density at radius 3 is 2.42 bits per heavy atom. The molecule has 1 saturated heterocycles. The van der Waals surface area contributed by atoms with Gasteiger partial charge < -0.3 is 10.4 Å². The molecule has 5 heteroatoms. The van der Waals surface area contributed by atoms with Gasteiger partial charge in [-0.3, -0.25) is 9.69 Å². The number of carbonyl (C=O) groups excluding carboxylic acids is 1. The molecule has 0 aliphatic carbocycles. The summed E-state index contributed by atoms with van der Waals surface area (Å²) in [6.45, 7) is 2.65. The van der Waals surface area contributed by atoms with Gasteiger partial charge in [-0.2, -0.15) is 0 Å². The van der Waals surface area contributed by atoms with Gasteiger partial charge in [0.25, 0.3) is 0 Å². The highest BCUT2D eigenvalue weighted by Gasteiger charge is 2.22. The first kappa shape index (κ1) is 13.5. The molecular weight excluding hydrogens is 244 g/mol. The number of carboxylic acids is 1. The first-order valence-corrected chi connectivity index (χ1v) is 6.45. The minimum Gasteiger partial charge on any atom is -0.474 e. The summed E-state index contributed by atoms with van der Waals surface area (Å²) in [7, 11) is 0. The van der Waals surface area contributed by atoms with Gasteiger partial charge in [0.05, 0.1) is 0 Å². The normalized spacial score (nSPS) is 17.1. The van der Waals surface area contributed by atoms with E-state index in [0.717, 1.165) is 32.5 Å². The Labute approximate surface area is 112 Å². The Bertz CT molecular complexity index is 439. The molecule has 0 spiro atoms. The van der Waals surface area contributed by atoms with Crippen LogP contribution in [0.5, 0.6) is 0 Å². The first-order valence-electron chi connectivity index (χ1n) is 6.45. The molecule has 0 unspecified atom stereocenters. The van der Waals surface area contributed by atoms with Crippen molar-refractivity contribution in [2.75, 3.05) is 13.1 Å². The van der Waals surface area contributed by atoms with Crippen LogP contribution < -0.4 is 5.32 Å². The van der Waals surface area contributed by atoms with Gasteiger partial charge >= 0.3 is 11.9 Å². The molecule has 1 heterocycles. The van der Waals surface area contributed by atoms with E-state index >= 15 is 0 Å². The van der Waals surface area contributed by atoms with Crippen molar-refractivity contribution in [1.29, 1.82) is 0 Å². The Morgan fingerprint density at radius 1 is 1.21 bits per heavy atom. The number of carbonyl (C=O) groups is 2. The highest BCUT2D eigenvalue weighted by Crippen LogP contribution is 2.13. The van der Waals surface area contributed by atoms with Gasteiger partial charge in [0, 0.05) is 25.7 Å². The number of carboxylic acid groups (broad SMARTS) is 1. The van der Waals surface area contributed by atoms with E-state index in [1.807, 2.05) is 18.2 Å². The summed E-state index contributed by atoms with van der Waals surface area (Å²) in [6.07, 6.45) is 1.59. The fraction of sp³-hybridized carbons (Fsp3) is 0.429. The number of nitrogens with zero attached hydrogens (tertiary/aromatic N) is 1. The van der Waals surface area contributed by atoms with Gasteiger partial charge in [0.1, 0.15) is 0 Å². The molecule has 1 aliphatic heterocycles. The molecule has 102 valence electrons. The van der Waals surface area contributed by atoms with Crippen LogP contribution in [0.25, 0.3) is 0 Å². The summed E-state index contributed by atoms with van der Waals surface area (Å²) >= 11 is 0. The number of aliphatic carboxylic acids is 1. The topological polar surface area (TPSA) is 69.6 Å². The van der Waals surface area contributed by atoms with Crippen molar-refractivity contribution in [2.24, 2.45) is 0 Å². The van der Waals surface area contributed by atoms with Crippen molar-refractivity contribution >= 4 is 11.9 Å². The van der Waals surface area contributed by atoms with E-state index in [-0.39, 0.29) is 6.04 Å². The van der Waals surface area contributed by atoms with Crippen molar-refractivity contribution in [3.05, 3.63) is 35.9 Å². The second-order valence-corrected chi connectivity index (χ2v) is 4.81. The average Bonchev–Trinajstić information content (AvgIpc) is 2.42. The molecule has 0 bridgehead atoms. The lowest BCUT2D eigenvalue weighted by atomic mass is 10.0. The lowest BCUT2D eigenvalue weighted by molar-refractivity contribution is -0.150. The predicted molar refractivity (Wildman–Crippen MR) is 70.5 cm³/mol. The molecule has 1 fully saturated rings. The number of rotatable bonds is 3. The number of likely N-dealkylation sites (tertiary alicyclic amines) is 1. The Hall–Kier alpha value is -1.88. The average molecular weight is 262 g/mol. The number of benzene rings is 1. The molecule has 1 aromatic carbocycles. The maximum absolute atomic E-state index is 11.1. The summed E-state index contributed by atoms with van der Waals surface area (Å²) < 4.78 is 0. The minimum absolute atomic E-state index is 0.0179. The van der Waals surface area contributed by atoms with Gasteiger partial charge in [-0.15, -0.1) is 0 Å². The van der Waals surface area contributed by atoms with Gasteiger partial charge in [0.2, 0.25) is 0 Å². The SMILES string of the molecule is O=C(O)C(=O)NC1CCN(Cc2ccccc2)CC1. The minimum atomic E-state index is -1.41. The van der Waals surface area contributed by atoms with Crippen LogP contribution in [0.2, 0.25) is 0 Å². The number of amides is 1. The third-order valence-electron chi connectivity index (χ3n) is 3.37. The van der Waals surface area contributed by atoms with Crippen LogP contribution in [0.4, 0.5) is 0 Å². The zero-order chi connectivity index (χ0) is 13.7. The largest absolute Gasteiger partial charge is 0.474 e. The standard InChI is InChI=1S/C14H18N2O3/c17-13(14(18)19)15-12-6-8-16(9-7-12)10-11-4-2-1-3-5-11/h1-5,12H,6-10H2,(H,15,17)(H,18,19). The highest BCUT2D eigenvalue weighted by molar-refractivity contribution is 6.31. The van der Waals surface area contributed by atoms with Crippen LogP contribution >= 0.6 is 0 Å². The Morgan fingerprint density at radius 2 is 1.84 bits per heavy atom. The zero-order valence-corrected chi connectivity index (χ0v) is 10.7. The van der Waals surface area contributed by atoms with Crippen molar-refractivity contribution in [3.8, 4) is 0 Å². The molecule has 19 heavy (non-hydrogen) atoms. The molecule has 2 N–H and O–H groups in total. The molecule has 1 amide bonds. The molecule has 2 rings (SSSR count). The van der Waals surface area contributed by atoms with Crippen LogP contribution in [-0.4, -0.2) is 41.0 Å². The van der Waals surface area contributed by atoms with Crippen molar-refractivity contribution in [3.63, 3.8) is 0 Å². The van der Waals surface area contributed by atoms with E-state index < -0.39 is 11.9 Å². The van der Waals surface area contributed by atoms with Crippen LogP contribution in [0.3, 0.4) is 0 Å². The predicted octanol–water partition coefficient (Wildman–Crippen LogP) is 0.852. The van der Waals surface area contributed by atoms with Gasteiger partial charge in [-0.25, -0.2) is 4.79 Å². The van der Waals surface area contributed by atoms with E-state index in [2.05, 4.69) is 22.3 Å². The van der Waals surface area contributed by atoms with E-state index in [1.165, 1.54) is 5.56 Å².